The SMILES string of the molecule is c1ccc(-c2cccc3oc4cccc(-n5c6ccccc6c6c7c8ccccc8n(-c8ccccc8-c8ccc9c(c8)c8ccccc8n9-c8ccccc8)c7ccc65)c4c23)cc1. The molecule has 0 aliphatic rings. The Hall–Kier alpha value is -8.60. The zero-order valence-corrected chi connectivity index (χ0v) is 34.6. The maximum absolute atomic E-state index is 6.65. The largest absolute Gasteiger partial charge is 0.456 e. The second-order valence-corrected chi connectivity index (χ2v) is 16.8. The van der Waals surface area contributed by atoms with Gasteiger partial charge in [0.05, 0.1) is 49.9 Å². The molecule has 4 nitrogen and oxygen atoms in total. The average molecular weight is 816 g/mol. The highest BCUT2D eigenvalue weighted by atomic mass is 16.3. The van der Waals surface area contributed by atoms with Crippen molar-refractivity contribution in [2.24, 2.45) is 0 Å². The maximum Gasteiger partial charge on any atom is 0.137 e. The van der Waals surface area contributed by atoms with Crippen LogP contribution in [0.1, 0.15) is 0 Å². The Bertz CT molecular complexity index is 4180. The minimum Gasteiger partial charge on any atom is -0.456 e. The Kier molecular flexibility index (Phi) is 7.36. The third-order valence-corrected chi connectivity index (χ3v) is 13.4. The number of hydrogen-bond donors (Lipinski definition) is 0. The molecule has 0 saturated carbocycles. The van der Waals surface area contributed by atoms with Crippen molar-refractivity contribution in [3.05, 3.63) is 224 Å². The van der Waals surface area contributed by atoms with Gasteiger partial charge in [-0.2, -0.15) is 0 Å². The number of furan rings is 1. The topological polar surface area (TPSA) is 27.9 Å². The van der Waals surface area contributed by atoms with E-state index in [2.05, 4.69) is 238 Å². The molecule has 298 valence electrons. The van der Waals surface area contributed by atoms with Crippen LogP contribution in [0.5, 0.6) is 0 Å². The van der Waals surface area contributed by atoms with E-state index < -0.39 is 0 Å². The summed E-state index contributed by atoms with van der Waals surface area (Å²) in [6, 6.07) is 81.3. The van der Waals surface area contributed by atoms with Gasteiger partial charge >= 0.3 is 0 Å². The summed E-state index contributed by atoms with van der Waals surface area (Å²) in [5.41, 5.74) is 16.9. The molecule has 0 amide bonds. The van der Waals surface area contributed by atoms with Crippen LogP contribution in [-0.4, -0.2) is 13.7 Å². The highest BCUT2D eigenvalue weighted by Crippen LogP contribution is 2.46. The van der Waals surface area contributed by atoms with E-state index in [0.717, 1.165) is 55.6 Å². The molecule has 0 unspecified atom stereocenters. The van der Waals surface area contributed by atoms with Crippen molar-refractivity contribution in [2.75, 3.05) is 0 Å². The van der Waals surface area contributed by atoms with Crippen LogP contribution in [0.25, 0.3) is 127 Å². The van der Waals surface area contributed by atoms with E-state index in [1.165, 1.54) is 71.1 Å². The van der Waals surface area contributed by atoms with Crippen molar-refractivity contribution >= 4 is 87.4 Å². The summed E-state index contributed by atoms with van der Waals surface area (Å²) in [4.78, 5) is 0. The summed E-state index contributed by atoms with van der Waals surface area (Å²) >= 11 is 0. The number of hydrogen-bond acceptors (Lipinski definition) is 1. The van der Waals surface area contributed by atoms with Crippen molar-refractivity contribution in [3.8, 4) is 39.3 Å². The molecule has 0 aliphatic carbocycles. The zero-order chi connectivity index (χ0) is 41.9. The molecule has 0 bridgehead atoms. The number of rotatable bonds is 5. The highest BCUT2D eigenvalue weighted by Gasteiger charge is 2.24. The van der Waals surface area contributed by atoms with Gasteiger partial charge in [-0.1, -0.05) is 146 Å². The van der Waals surface area contributed by atoms with Gasteiger partial charge in [0.2, 0.25) is 0 Å². The minimum atomic E-state index is 0.874. The Morgan fingerprint density at radius 3 is 1.48 bits per heavy atom. The van der Waals surface area contributed by atoms with E-state index in [9.17, 15) is 0 Å². The van der Waals surface area contributed by atoms with Gasteiger partial charge in [0.25, 0.3) is 0 Å². The zero-order valence-electron chi connectivity index (χ0n) is 34.6. The molecule has 4 heteroatoms. The van der Waals surface area contributed by atoms with Crippen molar-refractivity contribution in [3.63, 3.8) is 0 Å². The van der Waals surface area contributed by atoms with Crippen molar-refractivity contribution in [1.29, 1.82) is 0 Å². The lowest BCUT2D eigenvalue weighted by molar-refractivity contribution is 0.669. The molecule has 0 radical (unpaired) electrons. The van der Waals surface area contributed by atoms with Gasteiger partial charge in [-0.3, -0.25) is 0 Å². The first-order chi connectivity index (χ1) is 31.8. The van der Waals surface area contributed by atoms with Crippen LogP contribution in [0, 0.1) is 0 Å². The molecule has 0 N–H and O–H groups in total. The van der Waals surface area contributed by atoms with Gasteiger partial charge in [0, 0.05) is 49.0 Å². The van der Waals surface area contributed by atoms with Crippen LogP contribution >= 0.6 is 0 Å². The van der Waals surface area contributed by atoms with E-state index in [-0.39, 0.29) is 0 Å². The summed E-state index contributed by atoms with van der Waals surface area (Å²) in [5, 5.41) is 9.64. The molecule has 0 aliphatic heterocycles. The molecular weight excluding hydrogens is 779 g/mol. The average Bonchev–Trinajstić information content (AvgIpc) is 4.11. The van der Waals surface area contributed by atoms with Gasteiger partial charge in [-0.25, -0.2) is 0 Å². The third kappa shape index (κ3) is 4.88. The summed E-state index contributed by atoms with van der Waals surface area (Å²) in [6.45, 7) is 0. The number of nitrogens with zero attached hydrogens (tertiary/aromatic N) is 3. The van der Waals surface area contributed by atoms with E-state index in [0.29, 0.717) is 0 Å². The predicted octanol–water partition coefficient (Wildman–Crippen LogP) is 16.2. The molecule has 4 heterocycles. The number of para-hydroxylation sites is 5. The summed E-state index contributed by atoms with van der Waals surface area (Å²) < 4.78 is 14.0. The Balaban J connectivity index is 1.03. The van der Waals surface area contributed by atoms with E-state index in [1.807, 2.05) is 0 Å². The van der Waals surface area contributed by atoms with E-state index in [1.54, 1.807) is 0 Å². The lowest BCUT2D eigenvalue weighted by Crippen LogP contribution is -1.98. The molecule has 10 aromatic carbocycles. The van der Waals surface area contributed by atoms with Crippen molar-refractivity contribution < 1.29 is 4.42 Å². The predicted molar refractivity (Wildman–Crippen MR) is 268 cm³/mol. The summed E-state index contributed by atoms with van der Waals surface area (Å²) in [5.74, 6) is 0. The van der Waals surface area contributed by atoms with Crippen molar-refractivity contribution in [2.45, 2.75) is 0 Å². The molecule has 14 aromatic rings. The van der Waals surface area contributed by atoms with E-state index in [4.69, 9.17) is 4.42 Å². The highest BCUT2D eigenvalue weighted by molar-refractivity contribution is 6.29. The lowest BCUT2D eigenvalue weighted by Gasteiger charge is -2.15. The van der Waals surface area contributed by atoms with Crippen molar-refractivity contribution in [1.82, 2.24) is 13.7 Å². The molecule has 0 spiro atoms. The van der Waals surface area contributed by atoms with Crippen LogP contribution in [0.4, 0.5) is 0 Å². The number of fused-ring (bicyclic) bond motifs is 13. The molecular formula is C60H37N3O. The minimum absolute atomic E-state index is 0.874. The van der Waals surface area contributed by atoms with Crippen LogP contribution in [0.2, 0.25) is 0 Å². The van der Waals surface area contributed by atoms with Gasteiger partial charge in [0.15, 0.2) is 0 Å². The van der Waals surface area contributed by atoms with Gasteiger partial charge in [0.1, 0.15) is 11.2 Å². The molecule has 14 rings (SSSR count). The van der Waals surface area contributed by atoms with Crippen LogP contribution < -0.4 is 0 Å². The Morgan fingerprint density at radius 2 is 0.766 bits per heavy atom. The van der Waals surface area contributed by atoms with E-state index >= 15 is 0 Å². The fourth-order valence-electron chi connectivity index (χ4n) is 10.8. The molecule has 0 saturated heterocycles. The first-order valence-corrected chi connectivity index (χ1v) is 21.9. The fraction of sp³-hybridized carbons (Fsp3) is 0. The fourth-order valence-corrected chi connectivity index (χ4v) is 10.8. The molecule has 0 atom stereocenters. The summed E-state index contributed by atoms with van der Waals surface area (Å²) in [6.07, 6.45) is 0. The quantitative estimate of drug-likeness (QED) is 0.170. The lowest BCUT2D eigenvalue weighted by atomic mass is 9.99. The van der Waals surface area contributed by atoms with Gasteiger partial charge < -0.3 is 18.1 Å². The Labute approximate surface area is 367 Å². The Morgan fingerprint density at radius 1 is 0.266 bits per heavy atom. The first kappa shape index (κ1) is 35.0. The normalized spacial score (nSPS) is 12.1. The monoisotopic (exact) mass is 815 g/mol. The third-order valence-electron chi connectivity index (χ3n) is 13.4. The molecule has 64 heavy (non-hydrogen) atoms. The second kappa shape index (κ2) is 13.4. The summed E-state index contributed by atoms with van der Waals surface area (Å²) in [7, 11) is 0. The van der Waals surface area contributed by atoms with Crippen LogP contribution in [-0.2, 0) is 0 Å². The van der Waals surface area contributed by atoms with Gasteiger partial charge in [-0.05, 0) is 95.6 Å². The molecule has 0 fully saturated rings. The maximum atomic E-state index is 6.65. The molecule has 4 aromatic heterocycles. The number of aromatic nitrogens is 3. The first-order valence-electron chi connectivity index (χ1n) is 21.9. The van der Waals surface area contributed by atoms with Crippen LogP contribution in [0.3, 0.4) is 0 Å². The number of benzene rings is 10. The van der Waals surface area contributed by atoms with Gasteiger partial charge in [-0.15, -0.1) is 0 Å². The standard InChI is InChI=1S/C60H37N3O/c1-3-17-38(18-4-1)42-25-15-31-55-59(42)60-52(30-16-32-56(60)64-55)63-50-29-14-10-24-45(50)58-54(63)36-35-53-57(58)44-23-9-13-28-49(44)62(53)47-26-11-7-21-41(47)39-33-34-51-46(37-39)43-22-8-12-27-48(43)61(51)40-19-5-2-6-20-40/h1-37H. The smallest absolute Gasteiger partial charge is 0.137 e. The van der Waals surface area contributed by atoms with Crippen LogP contribution in [0.15, 0.2) is 229 Å². The second-order valence-electron chi connectivity index (χ2n) is 16.8.